The molecule has 0 fully saturated rings. The van der Waals surface area contributed by atoms with Crippen molar-refractivity contribution in [2.45, 2.75) is 45.1 Å². The second kappa shape index (κ2) is 6.47. The maximum atomic E-state index is 10.7. The topological polar surface area (TPSA) is 26.3 Å². The summed E-state index contributed by atoms with van der Waals surface area (Å²) < 4.78 is 4.83. The molecule has 0 aliphatic rings. The lowest BCUT2D eigenvalue weighted by Crippen LogP contribution is -2.11. The van der Waals surface area contributed by atoms with Gasteiger partial charge in [0, 0.05) is 6.42 Å². The normalized spacial score (nSPS) is 12.6. The molecular formula is C8H15ClO2. The quantitative estimate of drug-likeness (QED) is 0.478. The number of hydrogen-bond donors (Lipinski definition) is 0. The third-order valence-corrected chi connectivity index (χ3v) is 1.64. The smallest absolute Gasteiger partial charge is 0.306 e. The van der Waals surface area contributed by atoms with Crippen molar-refractivity contribution < 1.29 is 9.53 Å². The van der Waals surface area contributed by atoms with E-state index in [2.05, 4.69) is 6.92 Å². The monoisotopic (exact) mass is 178 g/mol. The van der Waals surface area contributed by atoms with Crippen molar-refractivity contribution in [2.24, 2.45) is 0 Å². The van der Waals surface area contributed by atoms with E-state index in [-0.39, 0.29) is 5.97 Å². The number of ether oxygens (including phenoxy) is 1. The van der Waals surface area contributed by atoms with Gasteiger partial charge in [0.25, 0.3) is 0 Å². The zero-order valence-corrected chi connectivity index (χ0v) is 7.86. The Labute approximate surface area is 72.9 Å². The molecule has 0 bridgehead atoms. The van der Waals surface area contributed by atoms with Gasteiger partial charge >= 0.3 is 5.97 Å². The Hall–Kier alpha value is -0.240. The standard InChI is InChI=1S/C8H15ClO2/c1-3-5-6-7(9)11-8(10)4-2/h7H,3-6H2,1-2H3. The number of unbranched alkanes of at least 4 members (excludes halogenated alkanes) is 1. The molecule has 0 aromatic heterocycles. The fourth-order valence-corrected chi connectivity index (χ4v) is 0.903. The minimum Gasteiger partial charge on any atom is -0.446 e. The van der Waals surface area contributed by atoms with Gasteiger partial charge in [-0.3, -0.25) is 4.79 Å². The van der Waals surface area contributed by atoms with Crippen LogP contribution in [0.25, 0.3) is 0 Å². The van der Waals surface area contributed by atoms with E-state index in [1.54, 1.807) is 6.92 Å². The number of halogens is 1. The van der Waals surface area contributed by atoms with Gasteiger partial charge in [-0.1, -0.05) is 31.9 Å². The van der Waals surface area contributed by atoms with Crippen molar-refractivity contribution in [3.05, 3.63) is 0 Å². The van der Waals surface area contributed by atoms with E-state index in [1.165, 1.54) is 0 Å². The third-order valence-electron chi connectivity index (χ3n) is 1.33. The van der Waals surface area contributed by atoms with E-state index in [4.69, 9.17) is 16.3 Å². The molecule has 0 aliphatic heterocycles. The molecule has 0 amide bonds. The lowest BCUT2D eigenvalue weighted by Gasteiger charge is -2.08. The van der Waals surface area contributed by atoms with Crippen LogP contribution in [0.15, 0.2) is 0 Å². The summed E-state index contributed by atoms with van der Waals surface area (Å²) >= 11 is 5.69. The van der Waals surface area contributed by atoms with Crippen LogP contribution >= 0.6 is 11.6 Å². The largest absolute Gasteiger partial charge is 0.446 e. The molecule has 0 radical (unpaired) electrons. The van der Waals surface area contributed by atoms with Crippen LogP contribution in [-0.2, 0) is 9.53 Å². The summed E-state index contributed by atoms with van der Waals surface area (Å²) in [6.07, 6.45) is 3.23. The van der Waals surface area contributed by atoms with E-state index < -0.39 is 5.56 Å². The predicted octanol–water partition coefficient (Wildman–Crippen LogP) is 2.69. The predicted molar refractivity (Wildman–Crippen MR) is 45.5 cm³/mol. The molecule has 0 aromatic carbocycles. The number of alkyl halides is 1. The highest BCUT2D eigenvalue weighted by Crippen LogP contribution is 2.09. The van der Waals surface area contributed by atoms with Crippen molar-refractivity contribution >= 4 is 17.6 Å². The fourth-order valence-electron chi connectivity index (χ4n) is 0.649. The number of carbonyl (C=O) groups is 1. The van der Waals surface area contributed by atoms with Gasteiger partial charge in [0.2, 0.25) is 0 Å². The number of carbonyl (C=O) groups excluding carboxylic acids is 1. The van der Waals surface area contributed by atoms with Gasteiger partial charge in [0.1, 0.15) is 0 Å². The van der Waals surface area contributed by atoms with Crippen LogP contribution in [0.1, 0.15) is 39.5 Å². The third kappa shape index (κ3) is 6.17. The number of hydrogen-bond acceptors (Lipinski definition) is 2. The van der Waals surface area contributed by atoms with Gasteiger partial charge in [-0.05, 0) is 12.8 Å². The summed E-state index contributed by atoms with van der Waals surface area (Å²) in [5.74, 6) is -0.221. The lowest BCUT2D eigenvalue weighted by atomic mass is 10.3. The van der Waals surface area contributed by atoms with Crippen LogP contribution in [0.2, 0.25) is 0 Å². The first-order valence-corrected chi connectivity index (χ1v) is 4.47. The second-order valence-electron chi connectivity index (χ2n) is 2.40. The van der Waals surface area contributed by atoms with Gasteiger partial charge in [-0.15, -0.1) is 0 Å². The molecule has 11 heavy (non-hydrogen) atoms. The first kappa shape index (κ1) is 10.8. The molecule has 0 rings (SSSR count). The fraction of sp³-hybridized carbons (Fsp3) is 0.875. The zero-order chi connectivity index (χ0) is 8.69. The number of rotatable bonds is 5. The summed E-state index contributed by atoms with van der Waals surface area (Å²) in [6, 6.07) is 0. The maximum Gasteiger partial charge on any atom is 0.306 e. The molecule has 1 atom stereocenters. The highest BCUT2D eigenvalue weighted by molar-refractivity contribution is 6.20. The van der Waals surface area contributed by atoms with Crippen LogP contribution in [-0.4, -0.2) is 11.5 Å². The van der Waals surface area contributed by atoms with Gasteiger partial charge in [0.15, 0.2) is 5.56 Å². The van der Waals surface area contributed by atoms with Crippen molar-refractivity contribution in [2.75, 3.05) is 0 Å². The highest BCUT2D eigenvalue weighted by Gasteiger charge is 2.07. The Morgan fingerprint density at radius 3 is 2.64 bits per heavy atom. The van der Waals surface area contributed by atoms with Gasteiger partial charge < -0.3 is 4.74 Å². The van der Waals surface area contributed by atoms with Gasteiger partial charge in [-0.25, -0.2) is 0 Å². The maximum absolute atomic E-state index is 10.7. The Balaban J connectivity index is 3.35. The zero-order valence-electron chi connectivity index (χ0n) is 7.10. The van der Waals surface area contributed by atoms with Crippen molar-refractivity contribution in [3.8, 4) is 0 Å². The number of esters is 1. The molecule has 1 unspecified atom stereocenters. The summed E-state index contributed by atoms with van der Waals surface area (Å²) in [5, 5.41) is 0. The summed E-state index contributed by atoms with van der Waals surface area (Å²) in [6.45, 7) is 3.83. The van der Waals surface area contributed by atoms with Crippen molar-refractivity contribution in [1.82, 2.24) is 0 Å². The molecule has 0 saturated heterocycles. The summed E-state index contributed by atoms with van der Waals surface area (Å²) in [4.78, 5) is 10.7. The average Bonchev–Trinajstić information content (AvgIpc) is 2.00. The first-order valence-electron chi connectivity index (χ1n) is 4.04. The molecule has 0 spiro atoms. The van der Waals surface area contributed by atoms with Crippen molar-refractivity contribution in [3.63, 3.8) is 0 Å². The van der Waals surface area contributed by atoms with E-state index >= 15 is 0 Å². The Morgan fingerprint density at radius 2 is 2.18 bits per heavy atom. The van der Waals surface area contributed by atoms with E-state index in [9.17, 15) is 4.79 Å². The SMILES string of the molecule is CCCCC(Cl)OC(=O)CC. The second-order valence-corrected chi connectivity index (χ2v) is 2.88. The first-order chi connectivity index (χ1) is 5.20. The molecule has 3 heteroatoms. The van der Waals surface area contributed by atoms with Crippen molar-refractivity contribution in [1.29, 1.82) is 0 Å². The molecule has 0 aliphatic carbocycles. The Morgan fingerprint density at radius 1 is 1.55 bits per heavy atom. The van der Waals surface area contributed by atoms with E-state index in [1.807, 2.05) is 0 Å². The van der Waals surface area contributed by atoms with Gasteiger partial charge in [-0.2, -0.15) is 0 Å². The van der Waals surface area contributed by atoms with Crippen LogP contribution in [0.3, 0.4) is 0 Å². The van der Waals surface area contributed by atoms with E-state index in [0.29, 0.717) is 6.42 Å². The molecule has 0 saturated carbocycles. The highest BCUT2D eigenvalue weighted by atomic mass is 35.5. The minimum atomic E-state index is -0.428. The Bertz CT molecular complexity index is 115. The Kier molecular flexibility index (Phi) is 6.33. The molecule has 0 aromatic rings. The summed E-state index contributed by atoms with van der Waals surface area (Å²) in [5.41, 5.74) is -0.428. The molecular weight excluding hydrogens is 164 g/mol. The summed E-state index contributed by atoms with van der Waals surface area (Å²) in [7, 11) is 0. The van der Waals surface area contributed by atoms with E-state index in [0.717, 1.165) is 19.3 Å². The average molecular weight is 179 g/mol. The van der Waals surface area contributed by atoms with Crippen LogP contribution in [0.4, 0.5) is 0 Å². The van der Waals surface area contributed by atoms with Gasteiger partial charge in [0.05, 0.1) is 0 Å². The minimum absolute atomic E-state index is 0.221. The van der Waals surface area contributed by atoms with Crippen LogP contribution in [0.5, 0.6) is 0 Å². The lowest BCUT2D eigenvalue weighted by molar-refractivity contribution is -0.145. The molecule has 0 heterocycles. The molecule has 2 nitrogen and oxygen atoms in total. The van der Waals surface area contributed by atoms with Crippen LogP contribution in [0, 0.1) is 0 Å². The molecule has 66 valence electrons. The van der Waals surface area contributed by atoms with Crippen LogP contribution < -0.4 is 0 Å². The molecule has 0 N–H and O–H groups in total.